The van der Waals surface area contributed by atoms with Gasteiger partial charge in [0.05, 0.1) is 17.2 Å². The Morgan fingerprint density at radius 2 is 2.05 bits per heavy atom. The summed E-state index contributed by atoms with van der Waals surface area (Å²) in [6, 6.07) is 2.09. The average Bonchev–Trinajstić information content (AvgIpc) is 2.41. The number of benzene rings is 1. The quantitative estimate of drug-likeness (QED) is 0.494. The van der Waals surface area contributed by atoms with Crippen LogP contribution < -0.4 is 4.72 Å². The van der Waals surface area contributed by atoms with E-state index in [-0.39, 0.29) is 5.02 Å². The van der Waals surface area contributed by atoms with Crippen LogP contribution in [0.25, 0.3) is 0 Å². The maximum atomic E-state index is 13.4. The van der Waals surface area contributed by atoms with Gasteiger partial charge in [0.2, 0.25) is 10.0 Å². The Morgan fingerprint density at radius 1 is 1.45 bits per heavy atom. The Bertz CT molecular complexity index is 623. The number of halogens is 4. The lowest BCUT2D eigenvalue weighted by molar-refractivity contribution is -0.140. The van der Waals surface area contributed by atoms with Crippen LogP contribution in [0.15, 0.2) is 17.0 Å². The average molecular weight is 365 g/mol. The minimum absolute atomic E-state index is 0.307. The van der Waals surface area contributed by atoms with E-state index in [0.717, 1.165) is 19.2 Å². The molecule has 112 valence electrons. The first kappa shape index (κ1) is 17.5. The molecule has 1 N–H and O–H groups in total. The van der Waals surface area contributed by atoms with Crippen LogP contribution in [0, 0.1) is 5.82 Å². The molecule has 20 heavy (non-hydrogen) atoms. The second-order valence-electron chi connectivity index (χ2n) is 3.52. The van der Waals surface area contributed by atoms with Gasteiger partial charge < -0.3 is 4.74 Å². The zero-order valence-electron chi connectivity index (χ0n) is 9.99. The second kappa shape index (κ2) is 6.91. The van der Waals surface area contributed by atoms with Gasteiger partial charge in [-0.15, -0.1) is 11.6 Å². The minimum atomic E-state index is -4.14. The normalized spacial score (nSPS) is 13.1. The van der Waals surface area contributed by atoms with Crippen molar-refractivity contribution >= 4 is 50.8 Å². The van der Waals surface area contributed by atoms with Crippen molar-refractivity contribution in [3.05, 3.63) is 28.0 Å². The summed E-state index contributed by atoms with van der Waals surface area (Å²) < 4.78 is 43.6. The zero-order chi connectivity index (χ0) is 15.5. The van der Waals surface area contributed by atoms with Crippen LogP contribution in [0.3, 0.4) is 0 Å². The third-order valence-corrected chi connectivity index (χ3v) is 4.77. The molecule has 0 aromatic heterocycles. The molecule has 1 aromatic carbocycles. The van der Waals surface area contributed by atoms with Crippen molar-refractivity contribution in [1.82, 2.24) is 4.72 Å². The maximum Gasteiger partial charge on any atom is 0.325 e. The number of alkyl halides is 1. The van der Waals surface area contributed by atoms with E-state index in [0.29, 0.717) is 0 Å². The van der Waals surface area contributed by atoms with E-state index in [1.807, 2.05) is 4.72 Å². The Hall–Kier alpha value is -0.600. The van der Waals surface area contributed by atoms with Crippen molar-refractivity contribution in [2.45, 2.75) is 10.3 Å². The maximum absolute atomic E-state index is 13.4. The third-order valence-electron chi connectivity index (χ3n) is 2.20. The molecular weight excluding hydrogens is 356 g/mol. The Kier molecular flexibility index (Phi) is 6.03. The van der Waals surface area contributed by atoms with E-state index in [4.69, 9.17) is 34.8 Å². The molecule has 0 aliphatic rings. The molecule has 1 atom stereocenters. The highest BCUT2D eigenvalue weighted by Gasteiger charge is 2.24. The van der Waals surface area contributed by atoms with Gasteiger partial charge in [-0.1, -0.05) is 23.2 Å². The summed E-state index contributed by atoms with van der Waals surface area (Å²) in [5.74, 6) is -1.85. The highest BCUT2D eigenvalue weighted by atomic mass is 35.5. The lowest BCUT2D eigenvalue weighted by Gasteiger charge is -2.11. The van der Waals surface area contributed by atoms with Crippen molar-refractivity contribution in [3.63, 3.8) is 0 Å². The van der Waals surface area contributed by atoms with Gasteiger partial charge in [0.1, 0.15) is 10.3 Å². The highest BCUT2D eigenvalue weighted by molar-refractivity contribution is 7.89. The lowest BCUT2D eigenvalue weighted by atomic mass is 10.3. The third kappa shape index (κ3) is 3.95. The van der Waals surface area contributed by atoms with Gasteiger partial charge in [-0.05, 0) is 12.1 Å². The number of esters is 1. The molecule has 0 fully saturated rings. The van der Waals surface area contributed by atoms with Crippen LogP contribution >= 0.6 is 34.8 Å². The number of hydrogen-bond donors (Lipinski definition) is 1. The van der Waals surface area contributed by atoms with Crippen LogP contribution in [0.2, 0.25) is 10.0 Å². The topological polar surface area (TPSA) is 72.5 Å². The molecular formula is C10H9Cl3FNO4S. The SMILES string of the molecule is COC(=O)C(Cl)CNS(=O)(=O)c1ccc(Cl)c(F)c1Cl. The number of hydrogen-bond acceptors (Lipinski definition) is 4. The van der Waals surface area contributed by atoms with E-state index in [1.54, 1.807) is 0 Å². The fourth-order valence-corrected chi connectivity index (χ4v) is 3.23. The van der Waals surface area contributed by atoms with Crippen molar-refractivity contribution in [1.29, 1.82) is 0 Å². The Labute approximate surface area is 130 Å². The second-order valence-corrected chi connectivity index (χ2v) is 6.56. The van der Waals surface area contributed by atoms with Crippen molar-refractivity contribution in [2.75, 3.05) is 13.7 Å². The van der Waals surface area contributed by atoms with Gasteiger partial charge in [0.15, 0.2) is 5.82 Å². The number of ether oxygens (including phenoxy) is 1. The summed E-state index contributed by atoms with van der Waals surface area (Å²) in [7, 11) is -3.03. The molecule has 0 saturated carbocycles. The molecule has 0 heterocycles. The Morgan fingerprint density at radius 3 is 2.60 bits per heavy atom. The van der Waals surface area contributed by atoms with Gasteiger partial charge in [-0.25, -0.2) is 17.5 Å². The minimum Gasteiger partial charge on any atom is -0.468 e. The van der Waals surface area contributed by atoms with Gasteiger partial charge in [0, 0.05) is 6.54 Å². The van der Waals surface area contributed by atoms with Crippen LogP contribution in [-0.2, 0) is 19.6 Å². The summed E-state index contributed by atoms with van der Waals surface area (Å²) in [5, 5.41) is -2.17. The first-order valence-electron chi connectivity index (χ1n) is 5.05. The molecule has 0 radical (unpaired) electrons. The van der Waals surface area contributed by atoms with Gasteiger partial charge in [-0.2, -0.15) is 0 Å². The van der Waals surface area contributed by atoms with Gasteiger partial charge in [-0.3, -0.25) is 4.79 Å². The molecule has 0 spiro atoms. The molecule has 0 aliphatic carbocycles. The Balaban J connectivity index is 2.96. The van der Waals surface area contributed by atoms with Crippen molar-refractivity contribution < 1.29 is 22.3 Å². The smallest absolute Gasteiger partial charge is 0.325 e. The molecule has 1 unspecified atom stereocenters. The highest BCUT2D eigenvalue weighted by Crippen LogP contribution is 2.29. The summed E-state index contributed by atoms with van der Waals surface area (Å²) in [4.78, 5) is 10.5. The number of nitrogens with one attached hydrogen (secondary N) is 1. The van der Waals surface area contributed by atoms with E-state index >= 15 is 0 Å². The summed E-state index contributed by atoms with van der Waals surface area (Å²) >= 11 is 16.6. The number of methoxy groups -OCH3 is 1. The summed E-state index contributed by atoms with van der Waals surface area (Å²) in [6.07, 6.45) is 0. The summed E-state index contributed by atoms with van der Waals surface area (Å²) in [6.45, 7) is -0.433. The molecule has 0 amide bonds. The number of carbonyl (C=O) groups excluding carboxylic acids is 1. The van der Waals surface area contributed by atoms with E-state index in [1.165, 1.54) is 0 Å². The first-order valence-corrected chi connectivity index (χ1v) is 7.73. The number of carbonyl (C=O) groups is 1. The predicted octanol–water partition coefficient (Wildman–Crippen LogP) is 2.19. The summed E-state index contributed by atoms with van der Waals surface area (Å²) in [5.41, 5.74) is 0. The van der Waals surface area contributed by atoms with Crippen LogP contribution in [0.5, 0.6) is 0 Å². The molecule has 0 bridgehead atoms. The van der Waals surface area contributed by atoms with Crippen molar-refractivity contribution in [3.8, 4) is 0 Å². The molecule has 0 aliphatic heterocycles. The molecule has 1 aromatic rings. The fraction of sp³-hybridized carbons (Fsp3) is 0.300. The number of rotatable bonds is 5. The zero-order valence-corrected chi connectivity index (χ0v) is 13.1. The fourth-order valence-electron chi connectivity index (χ4n) is 1.19. The molecule has 0 saturated heterocycles. The van der Waals surface area contributed by atoms with E-state index in [9.17, 15) is 17.6 Å². The lowest BCUT2D eigenvalue weighted by Crippen LogP contribution is -2.34. The van der Waals surface area contributed by atoms with Crippen LogP contribution in [-0.4, -0.2) is 33.4 Å². The van der Waals surface area contributed by atoms with Crippen molar-refractivity contribution in [2.24, 2.45) is 0 Å². The molecule has 10 heteroatoms. The van der Waals surface area contributed by atoms with E-state index < -0.39 is 43.6 Å². The molecule has 5 nitrogen and oxygen atoms in total. The standard InChI is InChI=1S/C10H9Cl3FNO4S/c1-19-10(16)6(12)4-15-20(17,18)7-3-2-5(11)9(14)8(7)13/h2-3,6,15H,4H2,1H3. The predicted molar refractivity (Wildman–Crippen MR) is 73.3 cm³/mol. The monoisotopic (exact) mass is 363 g/mol. The van der Waals surface area contributed by atoms with Gasteiger partial charge >= 0.3 is 5.97 Å². The largest absolute Gasteiger partial charge is 0.468 e. The number of sulfonamides is 1. The van der Waals surface area contributed by atoms with Gasteiger partial charge in [0.25, 0.3) is 0 Å². The molecule has 1 rings (SSSR count). The van der Waals surface area contributed by atoms with E-state index in [2.05, 4.69) is 4.74 Å². The first-order chi connectivity index (χ1) is 9.20. The van der Waals surface area contributed by atoms with Crippen LogP contribution in [0.1, 0.15) is 0 Å². The van der Waals surface area contributed by atoms with Crippen LogP contribution in [0.4, 0.5) is 4.39 Å².